The molecule has 1 fully saturated rings. The third-order valence-electron chi connectivity index (χ3n) is 3.24. The molecule has 4 heteroatoms. The van der Waals surface area contributed by atoms with Crippen molar-refractivity contribution in [3.63, 3.8) is 0 Å². The molecular formula is C16H16O4. The Labute approximate surface area is 117 Å². The van der Waals surface area contributed by atoms with Gasteiger partial charge in [0.2, 0.25) is 0 Å². The van der Waals surface area contributed by atoms with Crippen LogP contribution in [-0.4, -0.2) is 19.0 Å². The Balaban J connectivity index is 2.56. The highest BCUT2D eigenvalue weighted by Gasteiger charge is 2.35. The number of carbonyl (C=O) groups excluding carboxylic acids is 2. The highest BCUT2D eigenvalue weighted by atomic mass is 16.6. The lowest BCUT2D eigenvalue weighted by Gasteiger charge is -2.07. The lowest BCUT2D eigenvalue weighted by atomic mass is 9.95. The second kappa shape index (κ2) is 5.33. The van der Waals surface area contributed by atoms with E-state index in [9.17, 15) is 9.59 Å². The van der Waals surface area contributed by atoms with E-state index in [1.807, 2.05) is 24.3 Å². The van der Waals surface area contributed by atoms with Crippen LogP contribution in [0.5, 0.6) is 5.75 Å². The quantitative estimate of drug-likeness (QED) is 0.472. The van der Waals surface area contributed by atoms with Gasteiger partial charge in [0.25, 0.3) is 0 Å². The van der Waals surface area contributed by atoms with Crippen LogP contribution >= 0.6 is 0 Å². The van der Waals surface area contributed by atoms with Crippen molar-refractivity contribution >= 4 is 17.5 Å². The standard InChI is InChI=1S/C16H16O4/c1-9(2)13-14(16(18)20-15(13)17)10(3)11-5-7-12(19-4)8-6-11/h5-8H,1-4H3/b14-10-. The molecule has 1 heterocycles. The zero-order valence-electron chi connectivity index (χ0n) is 11.9. The number of cyclic esters (lactones) is 2. The number of benzene rings is 1. The van der Waals surface area contributed by atoms with E-state index in [1.54, 1.807) is 27.9 Å². The fourth-order valence-electron chi connectivity index (χ4n) is 2.17. The first kappa shape index (κ1) is 14.1. The smallest absolute Gasteiger partial charge is 0.347 e. The van der Waals surface area contributed by atoms with E-state index in [0.717, 1.165) is 22.5 Å². The topological polar surface area (TPSA) is 52.6 Å². The van der Waals surface area contributed by atoms with Gasteiger partial charge in [0.15, 0.2) is 0 Å². The van der Waals surface area contributed by atoms with E-state index in [0.29, 0.717) is 11.1 Å². The SMILES string of the molecule is COc1ccc(/C(C)=C2\C(=O)OC(=O)C2=C(C)C)cc1. The minimum atomic E-state index is -0.584. The van der Waals surface area contributed by atoms with Gasteiger partial charge in [-0.25, -0.2) is 9.59 Å². The van der Waals surface area contributed by atoms with Gasteiger partial charge >= 0.3 is 11.9 Å². The molecule has 0 atom stereocenters. The average molecular weight is 272 g/mol. The first-order valence-electron chi connectivity index (χ1n) is 6.25. The van der Waals surface area contributed by atoms with Crippen molar-refractivity contribution in [2.75, 3.05) is 7.11 Å². The van der Waals surface area contributed by atoms with E-state index in [1.165, 1.54) is 0 Å². The zero-order valence-corrected chi connectivity index (χ0v) is 11.9. The average Bonchev–Trinajstić information content (AvgIpc) is 2.72. The van der Waals surface area contributed by atoms with Gasteiger partial charge in [-0.1, -0.05) is 17.7 Å². The summed E-state index contributed by atoms with van der Waals surface area (Å²) >= 11 is 0. The molecule has 4 nitrogen and oxygen atoms in total. The molecule has 0 bridgehead atoms. The number of methoxy groups -OCH3 is 1. The van der Waals surface area contributed by atoms with Crippen LogP contribution in [0.25, 0.3) is 5.57 Å². The molecule has 0 saturated carbocycles. The van der Waals surface area contributed by atoms with Crippen molar-refractivity contribution in [3.05, 3.63) is 46.5 Å². The summed E-state index contributed by atoms with van der Waals surface area (Å²) in [7, 11) is 1.59. The lowest BCUT2D eigenvalue weighted by Crippen LogP contribution is -1.99. The number of allylic oxidation sites excluding steroid dienone is 2. The van der Waals surface area contributed by atoms with Crippen molar-refractivity contribution in [2.24, 2.45) is 0 Å². The van der Waals surface area contributed by atoms with Crippen molar-refractivity contribution in [3.8, 4) is 5.75 Å². The monoisotopic (exact) mass is 272 g/mol. The Hall–Kier alpha value is -2.36. The van der Waals surface area contributed by atoms with Gasteiger partial charge < -0.3 is 9.47 Å². The molecule has 0 spiro atoms. The van der Waals surface area contributed by atoms with Gasteiger partial charge in [-0.05, 0) is 44.0 Å². The Kier molecular flexibility index (Phi) is 3.74. The molecule has 104 valence electrons. The Morgan fingerprint density at radius 2 is 1.50 bits per heavy atom. The highest BCUT2D eigenvalue weighted by molar-refractivity contribution is 6.22. The number of carbonyl (C=O) groups is 2. The van der Waals surface area contributed by atoms with Crippen molar-refractivity contribution in [2.45, 2.75) is 20.8 Å². The van der Waals surface area contributed by atoms with Gasteiger partial charge in [0.1, 0.15) is 5.75 Å². The molecule has 1 aliphatic rings. The largest absolute Gasteiger partial charge is 0.497 e. The van der Waals surface area contributed by atoms with Crippen molar-refractivity contribution in [1.82, 2.24) is 0 Å². The van der Waals surface area contributed by atoms with E-state index >= 15 is 0 Å². The molecule has 0 amide bonds. The van der Waals surface area contributed by atoms with Gasteiger partial charge in [-0.3, -0.25) is 0 Å². The number of rotatable bonds is 2. The maximum absolute atomic E-state index is 11.9. The summed E-state index contributed by atoms with van der Waals surface area (Å²) in [5.74, 6) is -0.420. The predicted octanol–water partition coefficient (Wildman–Crippen LogP) is 2.89. The molecule has 1 aliphatic heterocycles. The van der Waals surface area contributed by atoms with Crippen LogP contribution in [0.2, 0.25) is 0 Å². The fraction of sp³-hybridized carbons (Fsp3) is 0.250. The number of ether oxygens (including phenoxy) is 2. The maximum Gasteiger partial charge on any atom is 0.347 e. The van der Waals surface area contributed by atoms with Crippen LogP contribution in [0.3, 0.4) is 0 Å². The molecule has 0 aromatic heterocycles. The van der Waals surface area contributed by atoms with Gasteiger partial charge in [-0.15, -0.1) is 0 Å². The van der Waals surface area contributed by atoms with Crippen molar-refractivity contribution in [1.29, 1.82) is 0 Å². The molecule has 0 N–H and O–H groups in total. The normalized spacial score (nSPS) is 17.1. The van der Waals surface area contributed by atoms with Crippen LogP contribution in [0, 0.1) is 0 Å². The molecule has 1 aromatic carbocycles. The summed E-state index contributed by atoms with van der Waals surface area (Å²) < 4.78 is 9.82. The molecule has 0 radical (unpaired) electrons. The summed E-state index contributed by atoms with van der Waals surface area (Å²) in [5, 5.41) is 0. The molecule has 0 unspecified atom stereocenters. The zero-order chi connectivity index (χ0) is 14.9. The summed E-state index contributed by atoms with van der Waals surface area (Å²) in [6, 6.07) is 7.31. The first-order valence-corrected chi connectivity index (χ1v) is 6.25. The third kappa shape index (κ3) is 2.37. The van der Waals surface area contributed by atoms with E-state index in [-0.39, 0.29) is 0 Å². The number of hydrogen-bond acceptors (Lipinski definition) is 4. The molecular weight excluding hydrogens is 256 g/mol. The fourth-order valence-corrected chi connectivity index (χ4v) is 2.17. The van der Waals surface area contributed by atoms with Gasteiger partial charge in [-0.2, -0.15) is 0 Å². The van der Waals surface area contributed by atoms with Crippen LogP contribution < -0.4 is 4.74 Å². The minimum absolute atomic E-state index is 0.347. The summed E-state index contributed by atoms with van der Waals surface area (Å²) in [5.41, 5.74) is 3.05. The van der Waals surface area contributed by atoms with Crippen LogP contribution in [0.1, 0.15) is 26.3 Å². The lowest BCUT2D eigenvalue weighted by molar-refractivity contribution is -0.149. The second-order valence-electron chi connectivity index (χ2n) is 4.78. The predicted molar refractivity (Wildman–Crippen MR) is 75.1 cm³/mol. The van der Waals surface area contributed by atoms with Gasteiger partial charge in [0.05, 0.1) is 18.3 Å². The molecule has 1 aromatic rings. The molecule has 20 heavy (non-hydrogen) atoms. The second-order valence-corrected chi connectivity index (χ2v) is 4.78. The summed E-state index contributed by atoms with van der Waals surface area (Å²) in [6.45, 7) is 5.38. The molecule has 0 aliphatic carbocycles. The van der Waals surface area contributed by atoms with Crippen LogP contribution in [0.15, 0.2) is 41.0 Å². The maximum atomic E-state index is 11.9. The summed E-state index contributed by atoms with van der Waals surface area (Å²) in [4.78, 5) is 23.6. The number of hydrogen-bond donors (Lipinski definition) is 0. The van der Waals surface area contributed by atoms with E-state index in [2.05, 4.69) is 0 Å². The van der Waals surface area contributed by atoms with Crippen LogP contribution in [-0.2, 0) is 14.3 Å². The van der Waals surface area contributed by atoms with E-state index < -0.39 is 11.9 Å². The number of esters is 2. The highest BCUT2D eigenvalue weighted by Crippen LogP contribution is 2.32. The van der Waals surface area contributed by atoms with E-state index in [4.69, 9.17) is 9.47 Å². The Bertz CT molecular complexity index is 629. The first-order chi connectivity index (χ1) is 9.45. The summed E-state index contributed by atoms with van der Waals surface area (Å²) in [6.07, 6.45) is 0. The van der Waals surface area contributed by atoms with Gasteiger partial charge in [0, 0.05) is 0 Å². The molecule has 2 rings (SSSR count). The Morgan fingerprint density at radius 3 is 2.00 bits per heavy atom. The minimum Gasteiger partial charge on any atom is -0.497 e. The van der Waals surface area contributed by atoms with Crippen LogP contribution in [0.4, 0.5) is 0 Å². The third-order valence-corrected chi connectivity index (χ3v) is 3.24. The molecule has 1 saturated heterocycles. The Morgan fingerprint density at radius 1 is 0.950 bits per heavy atom. The van der Waals surface area contributed by atoms with Crippen molar-refractivity contribution < 1.29 is 19.1 Å².